The van der Waals surface area contributed by atoms with Gasteiger partial charge in [0.05, 0.1) is 19.6 Å². The van der Waals surface area contributed by atoms with E-state index in [9.17, 15) is 48.3 Å². The molecule has 0 aromatic heterocycles. The molecule has 0 saturated carbocycles. The van der Waals surface area contributed by atoms with Gasteiger partial charge in [0.25, 0.3) is 0 Å². The number of aliphatic carboxylic acids is 1. The molecule has 3 fully saturated rings. The van der Waals surface area contributed by atoms with E-state index < -0.39 is 96.7 Å². The van der Waals surface area contributed by atoms with E-state index in [-0.39, 0.29) is 32.0 Å². The van der Waals surface area contributed by atoms with Gasteiger partial charge >= 0.3 is 5.97 Å². The summed E-state index contributed by atoms with van der Waals surface area (Å²) in [7, 11) is 0. The molecule has 1 aromatic carbocycles. The molecule has 6 atom stereocenters. The fourth-order valence-electron chi connectivity index (χ4n) is 7.12. The number of likely N-dealkylation sites (tertiary alicyclic amines) is 3. The Morgan fingerprint density at radius 3 is 1.85 bits per heavy atom. The number of nitrogens with two attached hydrogens (primary N) is 1. The first-order chi connectivity index (χ1) is 26.2. The summed E-state index contributed by atoms with van der Waals surface area (Å²) in [5.41, 5.74) is 6.17. The first-order valence-corrected chi connectivity index (χ1v) is 18.5. The highest BCUT2D eigenvalue weighted by molar-refractivity contribution is 5.97. The average molecular weight is 770 g/mol. The Hall–Kier alpha value is -5.59. The van der Waals surface area contributed by atoms with E-state index in [0.717, 1.165) is 5.56 Å². The Labute approximate surface area is 318 Å². The van der Waals surface area contributed by atoms with E-state index in [1.54, 1.807) is 30.3 Å². The highest BCUT2D eigenvalue weighted by Gasteiger charge is 2.39. The van der Waals surface area contributed by atoms with E-state index in [2.05, 4.69) is 26.6 Å². The number of nitrogens with zero attached hydrogens (tertiary/aromatic N) is 3. The summed E-state index contributed by atoms with van der Waals surface area (Å²) in [6.45, 7) is 2.47. The quantitative estimate of drug-likeness (QED) is 0.0889. The standard InChI is InChI=1S/C36H51N9O10/c1-21(41-33(51)26-12-6-14-43(26)30(48)18-37)31(49)38-20-29(47)42-24(17-23-9-4-3-5-10-23)35(53)44-15-7-11-25(44)32(50)39-19-28(46)40-22(2)34(52)45-16-8-13-27(45)36(54)55/h3-5,9-10,21-22,24-27H,6-8,11-20,37H2,1-2H3,(H,38,49)(H,39,50)(H,40,46)(H,41,51)(H,42,47)(H,54,55)/t21-,22-,24-,25-,26-,27-/m0/s1. The molecular formula is C36H51N9O10. The summed E-state index contributed by atoms with van der Waals surface area (Å²) in [5, 5.41) is 22.1. The molecule has 0 unspecified atom stereocenters. The first kappa shape index (κ1) is 42.2. The van der Waals surface area contributed by atoms with Crippen molar-refractivity contribution in [3.63, 3.8) is 0 Å². The summed E-state index contributed by atoms with van der Waals surface area (Å²) < 4.78 is 0. The number of hydrogen-bond acceptors (Lipinski definition) is 10. The van der Waals surface area contributed by atoms with Crippen LogP contribution in [0.25, 0.3) is 0 Å². The summed E-state index contributed by atoms with van der Waals surface area (Å²) in [5.74, 6) is -5.73. The molecule has 0 radical (unpaired) electrons. The summed E-state index contributed by atoms with van der Waals surface area (Å²) in [6.07, 6.45) is 2.75. The van der Waals surface area contributed by atoms with E-state index in [4.69, 9.17) is 5.73 Å². The molecule has 8 amide bonds. The number of benzene rings is 1. The normalized spacial score (nSPS) is 20.9. The Morgan fingerprint density at radius 2 is 1.24 bits per heavy atom. The van der Waals surface area contributed by atoms with Crippen LogP contribution >= 0.6 is 0 Å². The fourth-order valence-corrected chi connectivity index (χ4v) is 7.12. The number of carbonyl (C=O) groups excluding carboxylic acids is 8. The number of carboxylic acid groups (broad SMARTS) is 1. The molecule has 3 aliphatic heterocycles. The topological polar surface area (TPSA) is 270 Å². The van der Waals surface area contributed by atoms with Crippen molar-refractivity contribution in [1.29, 1.82) is 0 Å². The lowest BCUT2D eigenvalue weighted by molar-refractivity contribution is -0.149. The molecule has 1 aromatic rings. The number of amides is 8. The predicted octanol–water partition coefficient (Wildman–Crippen LogP) is -3.03. The minimum atomic E-state index is -1.12. The largest absolute Gasteiger partial charge is 0.480 e. The molecule has 4 rings (SSSR count). The molecule has 3 saturated heterocycles. The zero-order valence-electron chi connectivity index (χ0n) is 31.1. The zero-order chi connectivity index (χ0) is 40.2. The monoisotopic (exact) mass is 769 g/mol. The first-order valence-electron chi connectivity index (χ1n) is 18.5. The summed E-state index contributed by atoms with van der Waals surface area (Å²) in [6, 6.07) is 3.03. The van der Waals surface area contributed by atoms with Crippen molar-refractivity contribution in [2.75, 3.05) is 39.3 Å². The molecule has 0 aliphatic carbocycles. The molecule has 0 spiro atoms. The SMILES string of the molecule is C[C@H](NC(=O)[C@@H]1CCCN1C(=O)CN)C(=O)NCC(=O)N[C@@H](Cc1ccccc1)C(=O)N1CCC[C@H]1C(=O)NCC(=O)N[C@@H](C)C(=O)N1CCC[C@H]1C(=O)O. The van der Waals surface area contributed by atoms with Crippen molar-refractivity contribution in [2.24, 2.45) is 5.73 Å². The maximum atomic E-state index is 13.9. The Bertz CT molecular complexity index is 1630. The number of nitrogens with one attached hydrogen (secondary N) is 5. The predicted molar refractivity (Wildman–Crippen MR) is 194 cm³/mol. The van der Waals surface area contributed by atoms with Crippen LogP contribution in [0.15, 0.2) is 30.3 Å². The van der Waals surface area contributed by atoms with Gasteiger partial charge in [-0.15, -0.1) is 0 Å². The Balaban J connectivity index is 1.31. The third kappa shape index (κ3) is 11.2. The van der Waals surface area contributed by atoms with Gasteiger partial charge in [0.2, 0.25) is 47.3 Å². The molecule has 19 nitrogen and oxygen atoms in total. The molecule has 19 heteroatoms. The van der Waals surface area contributed by atoms with Gasteiger partial charge in [-0.2, -0.15) is 0 Å². The summed E-state index contributed by atoms with van der Waals surface area (Å²) >= 11 is 0. The highest BCUT2D eigenvalue weighted by atomic mass is 16.4. The van der Waals surface area contributed by atoms with Gasteiger partial charge < -0.3 is 52.1 Å². The van der Waals surface area contributed by atoms with E-state index in [0.29, 0.717) is 45.1 Å². The van der Waals surface area contributed by atoms with E-state index in [1.165, 1.54) is 28.5 Å². The Morgan fingerprint density at radius 1 is 0.691 bits per heavy atom. The third-order valence-corrected chi connectivity index (χ3v) is 9.97. The molecule has 3 aliphatic rings. The van der Waals surface area contributed by atoms with Crippen LogP contribution in [0.3, 0.4) is 0 Å². The van der Waals surface area contributed by atoms with Crippen molar-refractivity contribution in [3.05, 3.63) is 35.9 Å². The van der Waals surface area contributed by atoms with Crippen LogP contribution in [0.5, 0.6) is 0 Å². The van der Waals surface area contributed by atoms with Crippen LogP contribution in [0.1, 0.15) is 57.9 Å². The van der Waals surface area contributed by atoms with E-state index in [1.807, 2.05) is 0 Å². The third-order valence-electron chi connectivity index (χ3n) is 9.97. The maximum absolute atomic E-state index is 13.9. The van der Waals surface area contributed by atoms with Crippen molar-refractivity contribution in [3.8, 4) is 0 Å². The second-order valence-corrected chi connectivity index (χ2v) is 13.9. The van der Waals surface area contributed by atoms with Gasteiger partial charge in [0.1, 0.15) is 36.3 Å². The van der Waals surface area contributed by atoms with Crippen LogP contribution in [0, 0.1) is 0 Å². The van der Waals surface area contributed by atoms with Crippen LogP contribution in [0.4, 0.5) is 0 Å². The van der Waals surface area contributed by atoms with Crippen molar-refractivity contribution in [2.45, 2.75) is 95.0 Å². The lowest BCUT2D eigenvalue weighted by Gasteiger charge is -2.29. The highest BCUT2D eigenvalue weighted by Crippen LogP contribution is 2.21. The number of carboxylic acids is 1. The van der Waals surface area contributed by atoms with Crippen molar-refractivity contribution >= 4 is 53.2 Å². The smallest absolute Gasteiger partial charge is 0.326 e. The van der Waals surface area contributed by atoms with Gasteiger partial charge in [-0.25, -0.2) is 4.79 Å². The van der Waals surface area contributed by atoms with Crippen molar-refractivity contribution in [1.82, 2.24) is 41.3 Å². The molecule has 0 bridgehead atoms. The van der Waals surface area contributed by atoms with E-state index >= 15 is 0 Å². The molecule has 300 valence electrons. The van der Waals surface area contributed by atoms with Gasteiger partial charge in [0, 0.05) is 26.1 Å². The van der Waals surface area contributed by atoms with Gasteiger partial charge in [-0.05, 0) is 57.9 Å². The van der Waals surface area contributed by atoms with Crippen LogP contribution in [-0.4, -0.2) is 149 Å². The van der Waals surface area contributed by atoms with Gasteiger partial charge in [-0.1, -0.05) is 30.3 Å². The zero-order valence-corrected chi connectivity index (χ0v) is 31.1. The second-order valence-electron chi connectivity index (χ2n) is 13.9. The average Bonchev–Trinajstić information content (AvgIpc) is 3.97. The minimum absolute atomic E-state index is 0.0736. The molecular weight excluding hydrogens is 718 g/mol. The Kier molecular flexibility index (Phi) is 15.1. The number of hydrogen-bond donors (Lipinski definition) is 7. The number of rotatable bonds is 16. The van der Waals surface area contributed by atoms with Crippen LogP contribution in [-0.2, 0) is 49.6 Å². The minimum Gasteiger partial charge on any atom is -0.480 e. The van der Waals surface area contributed by atoms with Gasteiger partial charge in [-0.3, -0.25) is 38.4 Å². The fraction of sp³-hybridized carbons (Fsp3) is 0.583. The van der Waals surface area contributed by atoms with Crippen LogP contribution in [0.2, 0.25) is 0 Å². The molecule has 55 heavy (non-hydrogen) atoms. The lowest BCUT2D eigenvalue weighted by Crippen LogP contribution is -2.57. The summed E-state index contributed by atoms with van der Waals surface area (Å²) in [4.78, 5) is 119. The molecule has 8 N–H and O–H groups in total. The molecule has 3 heterocycles. The lowest BCUT2D eigenvalue weighted by atomic mass is 10.0. The number of carbonyl (C=O) groups is 9. The second kappa shape index (κ2) is 19.7. The maximum Gasteiger partial charge on any atom is 0.326 e. The van der Waals surface area contributed by atoms with Crippen LogP contribution < -0.4 is 32.3 Å². The van der Waals surface area contributed by atoms with Crippen molar-refractivity contribution < 1.29 is 48.3 Å². The van der Waals surface area contributed by atoms with Gasteiger partial charge in [0.15, 0.2) is 0 Å².